The van der Waals surface area contributed by atoms with E-state index in [4.69, 9.17) is 10.00 Å². The van der Waals surface area contributed by atoms with Crippen LogP contribution in [0.5, 0.6) is 11.5 Å². The van der Waals surface area contributed by atoms with E-state index in [1.54, 1.807) is 25.1 Å². The molecule has 0 spiro atoms. The second-order valence-corrected chi connectivity index (χ2v) is 4.42. The summed E-state index contributed by atoms with van der Waals surface area (Å²) in [6.45, 7) is 3.68. The van der Waals surface area contributed by atoms with Crippen LogP contribution in [-0.4, -0.2) is 4.92 Å². The lowest BCUT2D eigenvalue weighted by atomic mass is 10.1. The van der Waals surface area contributed by atoms with Gasteiger partial charge in [-0.1, -0.05) is 6.07 Å². The van der Waals surface area contributed by atoms with E-state index in [1.165, 1.54) is 12.1 Å². The van der Waals surface area contributed by atoms with Gasteiger partial charge < -0.3 is 4.74 Å². The molecule has 0 fully saturated rings. The Labute approximate surface area is 116 Å². The summed E-state index contributed by atoms with van der Waals surface area (Å²) in [5.41, 5.74) is 2.06. The van der Waals surface area contributed by atoms with Crippen molar-refractivity contribution in [2.24, 2.45) is 0 Å². The highest BCUT2D eigenvalue weighted by molar-refractivity contribution is 5.50. The van der Waals surface area contributed by atoms with Gasteiger partial charge in [-0.3, -0.25) is 10.1 Å². The third-order valence-corrected chi connectivity index (χ3v) is 2.86. The minimum atomic E-state index is -0.478. The molecule has 20 heavy (non-hydrogen) atoms. The molecule has 0 radical (unpaired) electrons. The molecule has 0 heterocycles. The number of aryl methyl sites for hydroxylation is 2. The van der Waals surface area contributed by atoms with Crippen molar-refractivity contribution in [3.8, 4) is 17.6 Å². The van der Waals surface area contributed by atoms with Gasteiger partial charge in [-0.05, 0) is 43.2 Å². The second kappa shape index (κ2) is 5.41. The maximum Gasteiger partial charge on any atom is 0.273 e. The highest BCUT2D eigenvalue weighted by Gasteiger charge is 2.12. The highest BCUT2D eigenvalue weighted by Crippen LogP contribution is 2.31. The number of benzene rings is 2. The first-order valence-electron chi connectivity index (χ1n) is 5.95. The van der Waals surface area contributed by atoms with E-state index < -0.39 is 4.92 Å². The van der Waals surface area contributed by atoms with Gasteiger partial charge in [-0.2, -0.15) is 5.26 Å². The lowest BCUT2D eigenvalue weighted by Crippen LogP contribution is -1.94. The standard InChI is InChI=1S/C15H12N2O3/c1-10-3-5-12(9-16)15(7-10)20-14-8-13(17(18)19)6-4-11(14)2/h3-8H,1-2H3. The lowest BCUT2D eigenvalue weighted by Gasteiger charge is -2.10. The maximum atomic E-state index is 10.8. The molecule has 0 aromatic heterocycles. The monoisotopic (exact) mass is 268 g/mol. The topological polar surface area (TPSA) is 76.2 Å². The summed E-state index contributed by atoms with van der Waals surface area (Å²) < 4.78 is 5.68. The molecule has 0 amide bonds. The van der Waals surface area contributed by atoms with Crippen LogP contribution in [0.15, 0.2) is 36.4 Å². The number of nitro benzene ring substituents is 1. The summed E-state index contributed by atoms with van der Waals surface area (Å²) in [4.78, 5) is 10.3. The quantitative estimate of drug-likeness (QED) is 0.625. The maximum absolute atomic E-state index is 10.8. The first-order valence-corrected chi connectivity index (χ1v) is 5.95. The molecule has 0 atom stereocenters. The molecule has 0 saturated carbocycles. The third kappa shape index (κ3) is 2.75. The van der Waals surface area contributed by atoms with Gasteiger partial charge in [0.25, 0.3) is 5.69 Å². The van der Waals surface area contributed by atoms with E-state index in [0.717, 1.165) is 11.1 Å². The van der Waals surface area contributed by atoms with Crippen molar-refractivity contribution in [1.82, 2.24) is 0 Å². The fraction of sp³-hybridized carbons (Fsp3) is 0.133. The van der Waals surface area contributed by atoms with Crippen molar-refractivity contribution in [3.63, 3.8) is 0 Å². The van der Waals surface area contributed by atoms with E-state index >= 15 is 0 Å². The Balaban J connectivity index is 2.44. The van der Waals surface area contributed by atoms with Gasteiger partial charge in [0.1, 0.15) is 17.6 Å². The molecular formula is C15H12N2O3. The van der Waals surface area contributed by atoms with Gasteiger partial charge >= 0.3 is 0 Å². The molecule has 0 aliphatic heterocycles. The smallest absolute Gasteiger partial charge is 0.273 e. The van der Waals surface area contributed by atoms with Crippen LogP contribution in [0.3, 0.4) is 0 Å². The summed E-state index contributed by atoms with van der Waals surface area (Å²) >= 11 is 0. The number of hydrogen-bond donors (Lipinski definition) is 0. The van der Waals surface area contributed by atoms with Crippen LogP contribution in [0.4, 0.5) is 5.69 Å². The fourth-order valence-corrected chi connectivity index (χ4v) is 1.74. The Kier molecular flexibility index (Phi) is 3.67. The van der Waals surface area contributed by atoms with Gasteiger partial charge in [0.15, 0.2) is 0 Å². The van der Waals surface area contributed by atoms with E-state index in [1.807, 2.05) is 19.1 Å². The Morgan fingerprint density at radius 3 is 2.55 bits per heavy atom. The van der Waals surface area contributed by atoms with Crippen molar-refractivity contribution >= 4 is 5.69 Å². The zero-order chi connectivity index (χ0) is 14.7. The molecule has 2 aromatic rings. The predicted molar refractivity (Wildman–Crippen MR) is 73.8 cm³/mol. The van der Waals surface area contributed by atoms with Crippen LogP contribution < -0.4 is 4.74 Å². The van der Waals surface area contributed by atoms with Gasteiger partial charge in [0.05, 0.1) is 16.6 Å². The average molecular weight is 268 g/mol. The van der Waals surface area contributed by atoms with E-state index in [-0.39, 0.29) is 5.69 Å². The molecular weight excluding hydrogens is 256 g/mol. The Hall–Kier alpha value is -2.87. The molecule has 0 aliphatic rings. The molecule has 0 unspecified atom stereocenters. The highest BCUT2D eigenvalue weighted by atomic mass is 16.6. The number of non-ortho nitro benzene ring substituents is 1. The van der Waals surface area contributed by atoms with Crippen molar-refractivity contribution in [2.75, 3.05) is 0 Å². The van der Waals surface area contributed by atoms with Crippen molar-refractivity contribution in [1.29, 1.82) is 5.26 Å². The first-order chi connectivity index (χ1) is 9.51. The molecule has 0 N–H and O–H groups in total. The molecule has 5 nitrogen and oxygen atoms in total. The summed E-state index contributed by atoms with van der Waals surface area (Å²) in [6.07, 6.45) is 0. The summed E-state index contributed by atoms with van der Waals surface area (Å²) in [5, 5.41) is 19.9. The van der Waals surface area contributed by atoms with E-state index in [9.17, 15) is 10.1 Å². The van der Waals surface area contributed by atoms with Crippen LogP contribution in [0.1, 0.15) is 16.7 Å². The summed E-state index contributed by atoms with van der Waals surface area (Å²) in [5.74, 6) is 0.775. The molecule has 2 rings (SSSR count). The molecule has 5 heteroatoms. The first kappa shape index (κ1) is 13.6. The van der Waals surface area contributed by atoms with Crippen LogP contribution in [0, 0.1) is 35.3 Å². The molecule has 100 valence electrons. The van der Waals surface area contributed by atoms with Gasteiger partial charge in [-0.25, -0.2) is 0 Å². The number of rotatable bonds is 3. The second-order valence-electron chi connectivity index (χ2n) is 4.42. The van der Waals surface area contributed by atoms with E-state index in [0.29, 0.717) is 17.1 Å². The van der Waals surface area contributed by atoms with Crippen molar-refractivity contribution in [2.45, 2.75) is 13.8 Å². The number of nitro groups is 1. The van der Waals surface area contributed by atoms with Gasteiger partial charge in [0, 0.05) is 6.07 Å². The van der Waals surface area contributed by atoms with Gasteiger partial charge in [0.2, 0.25) is 0 Å². The Morgan fingerprint density at radius 2 is 1.90 bits per heavy atom. The lowest BCUT2D eigenvalue weighted by molar-refractivity contribution is -0.384. The summed E-state index contributed by atoms with van der Waals surface area (Å²) in [7, 11) is 0. The molecule has 2 aromatic carbocycles. The number of nitrogens with zero attached hydrogens (tertiary/aromatic N) is 2. The number of nitriles is 1. The van der Waals surface area contributed by atoms with Crippen LogP contribution in [0.2, 0.25) is 0 Å². The normalized spacial score (nSPS) is 9.85. The van der Waals surface area contributed by atoms with Crippen LogP contribution in [0.25, 0.3) is 0 Å². The number of ether oxygens (including phenoxy) is 1. The van der Waals surface area contributed by atoms with Crippen LogP contribution in [-0.2, 0) is 0 Å². The largest absolute Gasteiger partial charge is 0.455 e. The molecule has 0 aliphatic carbocycles. The summed E-state index contributed by atoms with van der Waals surface area (Å²) in [6, 6.07) is 11.6. The molecule has 0 bridgehead atoms. The van der Waals surface area contributed by atoms with Crippen molar-refractivity contribution < 1.29 is 9.66 Å². The van der Waals surface area contributed by atoms with Crippen molar-refractivity contribution in [3.05, 3.63) is 63.2 Å². The Bertz CT molecular complexity index is 718. The predicted octanol–water partition coefficient (Wildman–Crippen LogP) is 3.88. The SMILES string of the molecule is Cc1ccc(C#N)c(Oc2cc([N+](=O)[O-])ccc2C)c1. The minimum absolute atomic E-state index is 0.0447. The van der Waals surface area contributed by atoms with Gasteiger partial charge in [-0.15, -0.1) is 0 Å². The minimum Gasteiger partial charge on any atom is -0.455 e. The molecule has 0 saturated heterocycles. The Morgan fingerprint density at radius 1 is 1.15 bits per heavy atom. The zero-order valence-corrected chi connectivity index (χ0v) is 11.1. The van der Waals surface area contributed by atoms with E-state index in [2.05, 4.69) is 0 Å². The third-order valence-electron chi connectivity index (χ3n) is 2.86. The van der Waals surface area contributed by atoms with Crippen LogP contribution >= 0.6 is 0 Å². The fourth-order valence-electron chi connectivity index (χ4n) is 1.74. The zero-order valence-electron chi connectivity index (χ0n) is 11.1. The number of hydrogen-bond acceptors (Lipinski definition) is 4. The average Bonchev–Trinajstić information content (AvgIpc) is 2.41.